The molecular formula is C15H15BrN2O3. The van der Waals surface area contributed by atoms with Crippen LogP contribution in [0.2, 0.25) is 0 Å². The molecule has 0 unspecified atom stereocenters. The predicted molar refractivity (Wildman–Crippen MR) is 86.0 cm³/mol. The summed E-state index contributed by atoms with van der Waals surface area (Å²) in [5, 5.41) is 14.1. The molecule has 6 heteroatoms. The minimum atomic E-state index is -0.391. The van der Waals surface area contributed by atoms with E-state index < -0.39 is 4.92 Å². The Balaban J connectivity index is 2.07. The first-order valence-corrected chi connectivity index (χ1v) is 7.21. The van der Waals surface area contributed by atoms with Crippen LogP contribution in [0.15, 0.2) is 46.9 Å². The molecule has 0 radical (unpaired) electrons. The number of nitro groups is 1. The number of anilines is 1. The highest BCUT2D eigenvalue weighted by Gasteiger charge is 2.13. The summed E-state index contributed by atoms with van der Waals surface area (Å²) in [5.74, 6) is 0.822. The molecule has 0 heterocycles. The fraction of sp³-hybridized carbons (Fsp3) is 0.200. The maximum Gasteiger partial charge on any atom is 0.292 e. The molecule has 110 valence electrons. The van der Waals surface area contributed by atoms with E-state index in [0.29, 0.717) is 18.7 Å². The Bertz CT molecular complexity index is 647. The Morgan fingerprint density at radius 2 is 2.05 bits per heavy atom. The van der Waals surface area contributed by atoms with Crippen molar-refractivity contribution in [1.82, 2.24) is 0 Å². The lowest BCUT2D eigenvalue weighted by atomic mass is 10.1. The molecule has 0 aromatic heterocycles. The van der Waals surface area contributed by atoms with E-state index in [0.717, 1.165) is 15.8 Å². The van der Waals surface area contributed by atoms with Crippen molar-refractivity contribution in [3.05, 3.63) is 62.6 Å². The zero-order valence-electron chi connectivity index (χ0n) is 11.5. The summed E-state index contributed by atoms with van der Waals surface area (Å²) >= 11 is 3.32. The van der Waals surface area contributed by atoms with Crippen LogP contribution in [-0.2, 0) is 6.42 Å². The number of nitro benzene ring substituents is 1. The highest BCUT2D eigenvalue weighted by molar-refractivity contribution is 9.10. The molecule has 2 aromatic carbocycles. The first kappa shape index (κ1) is 15.3. The van der Waals surface area contributed by atoms with Crippen LogP contribution in [-0.4, -0.2) is 18.6 Å². The van der Waals surface area contributed by atoms with Gasteiger partial charge in [-0.15, -0.1) is 0 Å². The molecule has 2 aromatic rings. The van der Waals surface area contributed by atoms with Gasteiger partial charge in [-0.2, -0.15) is 0 Å². The standard InChI is InChI=1S/C15H15BrN2O3/c1-21-15-5-3-2-4-11(15)8-9-17-13-10-12(16)6-7-14(13)18(19)20/h2-7,10,17H,8-9H2,1H3. The third kappa shape index (κ3) is 3.95. The Labute approximate surface area is 131 Å². The maximum atomic E-state index is 11.0. The van der Waals surface area contributed by atoms with Gasteiger partial charge in [0.05, 0.1) is 12.0 Å². The topological polar surface area (TPSA) is 64.4 Å². The van der Waals surface area contributed by atoms with Gasteiger partial charge >= 0.3 is 0 Å². The van der Waals surface area contributed by atoms with E-state index in [1.807, 2.05) is 24.3 Å². The van der Waals surface area contributed by atoms with Gasteiger partial charge in [0.25, 0.3) is 5.69 Å². The minimum absolute atomic E-state index is 0.0678. The van der Waals surface area contributed by atoms with Gasteiger partial charge in [-0.05, 0) is 30.2 Å². The van der Waals surface area contributed by atoms with Crippen molar-refractivity contribution in [2.45, 2.75) is 6.42 Å². The SMILES string of the molecule is COc1ccccc1CCNc1cc(Br)ccc1[N+](=O)[O-]. The summed E-state index contributed by atoms with van der Waals surface area (Å²) < 4.78 is 6.08. The van der Waals surface area contributed by atoms with Crippen LogP contribution in [0.4, 0.5) is 11.4 Å². The number of nitrogens with one attached hydrogen (secondary N) is 1. The minimum Gasteiger partial charge on any atom is -0.496 e. The lowest BCUT2D eigenvalue weighted by Gasteiger charge is -2.10. The quantitative estimate of drug-likeness (QED) is 0.631. The highest BCUT2D eigenvalue weighted by Crippen LogP contribution is 2.28. The van der Waals surface area contributed by atoms with Gasteiger partial charge in [-0.3, -0.25) is 10.1 Å². The number of nitrogens with zero attached hydrogens (tertiary/aromatic N) is 1. The van der Waals surface area contributed by atoms with E-state index >= 15 is 0 Å². The average molecular weight is 351 g/mol. The summed E-state index contributed by atoms with van der Waals surface area (Å²) in [4.78, 5) is 10.6. The fourth-order valence-corrected chi connectivity index (χ4v) is 2.41. The van der Waals surface area contributed by atoms with Gasteiger partial charge in [0, 0.05) is 17.1 Å². The highest BCUT2D eigenvalue weighted by atomic mass is 79.9. The summed E-state index contributed by atoms with van der Waals surface area (Å²) in [5.41, 5.74) is 1.63. The molecule has 0 aliphatic carbocycles. The van der Waals surface area contributed by atoms with Gasteiger partial charge in [0.2, 0.25) is 0 Å². The lowest BCUT2D eigenvalue weighted by Crippen LogP contribution is -2.07. The maximum absolute atomic E-state index is 11.0. The van der Waals surface area contributed by atoms with Crippen LogP contribution in [0.1, 0.15) is 5.56 Å². The van der Waals surface area contributed by atoms with Gasteiger partial charge in [0.15, 0.2) is 0 Å². The van der Waals surface area contributed by atoms with Crippen LogP contribution in [0.5, 0.6) is 5.75 Å². The summed E-state index contributed by atoms with van der Waals surface area (Å²) in [6.07, 6.45) is 0.716. The Hall–Kier alpha value is -2.08. The molecule has 21 heavy (non-hydrogen) atoms. The molecule has 0 spiro atoms. The molecular weight excluding hydrogens is 336 g/mol. The molecule has 1 N–H and O–H groups in total. The molecule has 0 amide bonds. The normalized spacial score (nSPS) is 10.2. The summed E-state index contributed by atoms with van der Waals surface area (Å²) in [7, 11) is 1.63. The number of hydrogen-bond donors (Lipinski definition) is 1. The first-order chi connectivity index (χ1) is 10.1. The zero-order chi connectivity index (χ0) is 15.2. The molecule has 0 fully saturated rings. The van der Waals surface area contributed by atoms with Crippen molar-refractivity contribution < 1.29 is 9.66 Å². The molecule has 0 aliphatic rings. The number of halogens is 1. The molecule has 0 atom stereocenters. The van der Waals surface area contributed by atoms with Gasteiger partial charge in [0.1, 0.15) is 11.4 Å². The van der Waals surface area contributed by atoms with E-state index in [-0.39, 0.29) is 5.69 Å². The molecule has 0 bridgehead atoms. The van der Waals surface area contributed by atoms with E-state index in [1.54, 1.807) is 19.2 Å². The molecule has 2 rings (SSSR count). The molecule has 5 nitrogen and oxygen atoms in total. The van der Waals surface area contributed by atoms with Crippen molar-refractivity contribution in [3.63, 3.8) is 0 Å². The van der Waals surface area contributed by atoms with E-state index in [4.69, 9.17) is 4.74 Å². The number of hydrogen-bond acceptors (Lipinski definition) is 4. The Morgan fingerprint density at radius 1 is 1.29 bits per heavy atom. The second-order valence-electron chi connectivity index (χ2n) is 4.41. The first-order valence-electron chi connectivity index (χ1n) is 6.41. The number of methoxy groups -OCH3 is 1. The number of rotatable bonds is 6. The monoisotopic (exact) mass is 350 g/mol. The summed E-state index contributed by atoms with van der Waals surface area (Å²) in [6, 6.07) is 12.6. The van der Waals surface area contributed by atoms with Crippen LogP contribution >= 0.6 is 15.9 Å². The Morgan fingerprint density at radius 3 is 2.76 bits per heavy atom. The number of ether oxygens (including phenoxy) is 1. The third-order valence-electron chi connectivity index (χ3n) is 3.06. The predicted octanol–water partition coefficient (Wildman–Crippen LogP) is 4.02. The second kappa shape index (κ2) is 7.08. The number of para-hydroxylation sites is 1. The lowest BCUT2D eigenvalue weighted by molar-refractivity contribution is -0.384. The van der Waals surface area contributed by atoms with Crippen LogP contribution in [0.25, 0.3) is 0 Å². The van der Waals surface area contributed by atoms with Crippen LogP contribution in [0.3, 0.4) is 0 Å². The van der Waals surface area contributed by atoms with E-state index in [1.165, 1.54) is 6.07 Å². The second-order valence-corrected chi connectivity index (χ2v) is 5.32. The Kier molecular flexibility index (Phi) is 5.16. The summed E-state index contributed by atoms with van der Waals surface area (Å²) in [6.45, 7) is 0.581. The van der Waals surface area contributed by atoms with Gasteiger partial charge in [-0.1, -0.05) is 34.1 Å². The van der Waals surface area contributed by atoms with Crippen molar-refractivity contribution in [3.8, 4) is 5.75 Å². The van der Waals surface area contributed by atoms with Gasteiger partial charge < -0.3 is 10.1 Å². The van der Waals surface area contributed by atoms with Crippen molar-refractivity contribution in [1.29, 1.82) is 0 Å². The zero-order valence-corrected chi connectivity index (χ0v) is 13.1. The third-order valence-corrected chi connectivity index (χ3v) is 3.55. The fourth-order valence-electron chi connectivity index (χ4n) is 2.05. The van der Waals surface area contributed by atoms with E-state index in [9.17, 15) is 10.1 Å². The number of benzene rings is 2. The van der Waals surface area contributed by atoms with E-state index in [2.05, 4.69) is 21.2 Å². The average Bonchev–Trinajstić information content (AvgIpc) is 2.47. The van der Waals surface area contributed by atoms with Crippen molar-refractivity contribution >= 4 is 27.3 Å². The van der Waals surface area contributed by atoms with Crippen molar-refractivity contribution in [2.75, 3.05) is 19.0 Å². The smallest absolute Gasteiger partial charge is 0.292 e. The largest absolute Gasteiger partial charge is 0.496 e. The van der Waals surface area contributed by atoms with Crippen molar-refractivity contribution in [2.24, 2.45) is 0 Å². The molecule has 0 saturated heterocycles. The van der Waals surface area contributed by atoms with Gasteiger partial charge in [-0.25, -0.2) is 0 Å². The van der Waals surface area contributed by atoms with Crippen LogP contribution in [0, 0.1) is 10.1 Å². The molecule has 0 aliphatic heterocycles. The van der Waals surface area contributed by atoms with Crippen LogP contribution < -0.4 is 10.1 Å². The molecule has 0 saturated carbocycles.